The van der Waals surface area contributed by atoms with Crippen molar-refractivity contribution >= 4 is 5.78 Å². The molecule has 4 heteroatoms. The summed E-state index contributed by atoms with van der Waals surface area (Å²) in [5.74, 6) is -0.147. The van der Waals surface area contributed by atoms with Crippen LogP contribution in [0.15, 0.2) is 48.5 Å². The highest BCUT2D eigenvalue weighted by Gasteiger charge is 2.41. The fourth-order valence-corrected chi connectivity index (χ4v) is 4.38. The van der Waals surface area contributed by atoms with Crippen molar-refractivity contribution in [2.75, 3.05) is 13.2 Å². The summed E-state index contributed by atoms with van der Waals surface area (Å²) in [5, 5.41) is 0. The number of Topliss-reactive ketones (excluding diaryl/α,β-unsaturated/α-hetero) is 1. The molecular weight excluding hydrogens is 329 g/mol. The predicted molar refractivity (Wildman–Crippen MR) is 98.6 cm³/mol. The zero-order valence-electron chi connectivity index (χ0n) is 15.0. The normalized spacial score (nSPS) is 25.8. The molecule has 2 aromatic carbocycles. The van der Waals surface area contributed by atoms with E-state index in [9.17, 15) is 9.18 Å². The molecule has 0 amide bonds. The number of fused-ring (bicyclic) bond motifs is 2. The first-order valence-corrected chi connectivity index (χ1v) is 9.29. The summed E-state index contributed by atoms with van der Waals surface area (Å²) in [5.41, 5.74) is 2.68. The molecule has 0 saturated carbocycles. The van der Waals surface area contributed by atoms with Gasteiger partial charge < -0.3 is 4.74 Å². The molecule has 0 aliphatic carbocycles. The third-order valence-electron chi connectivity index (χ3n) is 5.70. The smallest absolute Gasteiger partial charge is 0.166 e. The Morgan fingerprint density at radius 1 is 1.12 bits per heavy atom. The monoisotopic (exact) mass is 353 g/mol. The molecule has 2 heterocycles. The van der Waals surface area contributed by atoms with Gasteiger partial charge in [0.05, 0.1) is 13.2 Å². The van der Waals surface area contributed by atoms with Crippen molar-refractivity contribution in [3.8, 4) is 0 Å². The fraction of sp³-hybridized carbons (Fsp3) is 0.409. The number of carbonyl (C=O) groups is 1. The second-order valence-electron chi connectivity index (χ2n) is 7.49. The van der Waals surface area contributed by atoms with Crippen LogP contribution in [0, 0.1) is 18.7 Å². The number of aryl methyl sites for hydroxylation is 1. The van der Waals surface area contributed by atoms with Crippen molar-refractivity contribution in [3.63, 3.8) is 0 Å². The van der Waals surface area contributed by atoms with Crippen LogP contribution >= 0.6 is 0 Å². The molecule has 2 aliphatic rings. The lowest BCUT2D eigenvalue weighted by Crippen LogP contribution is -2.57. The van der Waals surface area contributed by atoms with Crippen molar-refractivity contribution in [3.05, 3.63) is 71.0 Å². The van der Waals surface area contributed by atoms with E-state index in [1.165, 1.54) is 17.7 Å². The lowest BCUT2D eigenvalue weighted by Gasteiger charge is -2.48. The second-order valence-corrected chi connectivity index (χ2v) is 7.49. The molecule has 2 fully saturated rings. The van der Waals surface area contributed by atoms with Gasteiger partial charge in [0, 0.05) is 30.1 Å². The number of ketones is 1. The van der Waals surface area contributed by atoms with Gasteiger partial charge in [-0.05, 0) is 49.1 Å². The molecule has 2 atom stereocenters. The average molecular weight is 353 g/mol. The third kappa shape index (κ3) is 3.44. The van der Waals surface area contributed by atoms with Gasteiger partial charge in [-0.2, -0.15) is 0 Å². The van der Waals surface area contributed by atoms with Crippen LogP contribution in [0.2, 0.25) is 0 Å². The zero-order chi connectivity index (χ0) is 18.1. The molecule has 0 spiro atoms. The lowest BCUT2D eigenvalue weighted by molar-refractivity contribution is -0.0872. The Balaban J connectivity index is 1.51. The Kier molecular flexibility index (Phi) is 4.88. The number of piperidine rings is 1. The highest BCUT2D eigenvalue weighted by atomic mass is 19.1. The molecular formula is C22H24FNO2. The number of hydrogen-bond acceptors (Lipinski definition) is 3. The molecule has 2 aromatic rings. The minimum absolute atomic E-state index is 0.00918. The molecule has 0 radical (unpaired) electrons. The Hall–Kier alpha value is -2.04. The Labute approximate surface area is 153 Å². The van der Waals surface area contributed by atoms with Crippen LogP contribution in [0.25, 0.3) is 0 Å². The summed E-state index contributed by atoms with van der Waals surface area (Å²) in [6.45, 7) is 4.06. The highest BCUT2D eigenvalue weighted by Crippen LogP contribution is 2.35. The van der Waals surface area contributed by atoms with Gasteiger partial charge in [0.2, 0.25) is 0 Å². The molecule has 3 nitrogen and oxygen atoms in total. The second kappa shape index (κ2) is 7.29. The van der Waals surface area contributed by atoms with Crippen LogP contribution in [0.1, 0.15) is 34.3 Å². The minimum atomic E-state index is -0.290. The van der Waals surface area contributed by atoms with Gasteiger partial charge in [0.25, 0.3) is 0 Å². The van der Waals surface area contributed by atoms with E-state index in [0.717, 1.165) is 24.9 Å². The number of rotatable bonds is 4. The molecule has 2 bridgehead atoms. The summed E-state index contributed by atoms with van der Waals surface area (Å²) in [7, 11) is 0. The number of benzene rings is 2. The van der Waals surface area contributed by atoms with Gasteiger partial charge in [-0.3, -0.25) is 9.69 Å². The van der Waals surface area contributed by atoms with Crippen molar-refractivity contribution in [1.82, 2.24) is 4.90 Å². The quantitative estimate of drug-likeness (QED) is 0.778. The highest BCUT2D eigenvalue weighted by molar-refractivity contribution is 5.99. The number of ether oxygens (including phenoxy) is 1. The van der Waals surface area contributed by atoms with Crippen LogP contribution in [0.4, 0.5) is 4.39 Å². The molecule has 2 saturated heterocycles. The first-order chi connectivity index (χ1) is 12.6. The Morgan fingerprint density at radius 2 is 1.81 bits per heavy atom. The third-order valence-corrected chi connectivity index (χ3v) is 5.70. The first kappa shape index (κ1) is 17.4. The molecule has 0 aromatic heterocycles. The van der Waals surface area contributed by atoms with Gasteiger partial charge in [-0.15, -0.1) is 0 Å². The summed E-state index contributed by atoms with van der Waals surface area (Å²) < 4.78 is 19.1. The zero-order valence-corrected chi connectivity index (χ0v) is 15.0. The lowest BCUT2D eigenvalue weighted by atomic mass is 9.79. The van der Waals surface area contributed by atoms with Gasteiger partial charge in [0.15, 0.2) is 5.78 Å². The van der Waals surface area contributed by atoms with E-state index in [4.69, 9.17) is 4.74 Å². The standard InChI is InChI=1S/C22H24FNO2/c1-15-9-18(23)7-8-21(15)22(25)17-10-19-13-26-14-20(11-17)24(19)12-16-5-3-2-4-6-16/h2-9,17,19-20H,10-14H2,1H3. The maximum atomic E-state index is 13.4. The Morgan fingerprint density at radius 3 is 2.46 bits per heavy atom. The van der Waals surface area contributed by atoms with Crippen molar-refractivity contribution in [2.45, 2.75) is 38.4 Å². The summed E-state index contributed by atoms with van der Waals surface area (Å²) >= 11 is 0. The van der Waals surface area contributed by atoms with E-state index < -0.39 is 0 Å². The van der Waals surface area contributed by atoms with Gasteiger partial charge in [-0.1, -0.05) is 30.3 Å². The maximum Gasteiger partial charge on any atom is 0.166 e. The SMILES string of the molecule is Cc1cc(F)ccc1C(=O)C1CC2COCC(C1)N2Cc1ccccc1. The van der Waals surface area contributed by atoms with Crippen LogP contribution in [-0.4, -0.2) is 36.0 Å². The molecule has 136 valence electrons. The summed E-state index contributed by atoms with van der Waals surface area (Å²) in [6.07, 6.45) is 1.61. The topological polar surface area (TPSA) is 29.5 Å². The minimum Gasteiger partial charge on any atom is -0.378 e. The molecule has 0 N–H and O–H groups in total. The van der Waals surface area contributed by atoms with E-state index in [-0.39, 0.29) is 29.6 Å². The van der Waals surface area contributed by atoms with Gasteiger partial charge >= 0.3 is 0 Å². The van der Waals surface area contributed by atoms with E-state index in [1.54, 1.807) is 6.07 Å². The number of nitrogens with zero attached hydrogens (tertiary/aromatic N) is 1. The maximum absolute atomic E-state index is 13.4. The van der Waals surface area contributed by atoms with Crippen LogP contribution in [-0.2, 0) is 11.3 Å². The number of halogens is 1. The van der Waals surface area contributed by atoms with Gasteiger partial charge in [-0.25, -0.2) is 4.39 Å². The van der Waals surface area contributed by atoms with Crippen molar-refractivity contribution in [2.24, 2.45) is 5.92 Å². The van der Waals surface area contributed by atoms with Crippen molar-refractivity contribution < 1.29 is 13.9 Å². The predicted octanol–water partition coefficient (Wildman–Crippen LogP) is 4.00. The molecule has 2 unspecified atom stereocenters. The number of morpholine rings is 1. The van der Waals surface area contributed by atoms with E-state index >= 15 is 0 Å². The summed E-state index contributed by atoms with van der Waals surface area (Å²) in [4.78, 5) is 15.5. The van der Waals surface area contributed by atoms with Crippen LogP contribution in [0.5, 0.6) is 0 Å². The average Bonchev–Trinajstić information content (AvgIpc) is 2.62. The van der Waals surface area contributed by atoms with Crippen LogP contribution in [0.3, 0.4) is 0 Å². The largest absolute Gasteiger partial charge is 0.378 e. The number of carbonyl (C=O) groups excluding carboxylic acids is 1. The Bertz CT molecular complexity index is 778. The molecule has 2 aliphatic heterocycles. The first-order valence-electron chi connectivity index (χ1n) is 9.29. The van der Waals surface area contributed by atoms with E-state index in [1.807, 2.05) is 13.0 Å². The fourth-order valence-electron chi connectivity index (χ4n) is 4.38. The molecule has 4 rings (SSSR count). The van der Waals surface area contributed by atoms with E-state index in [2.05, 4.69) is 29.2 Å². The molecule has 26 heavy (non-hydrogen) atoms. The van der Waals surface area contributed by atoms with E-state index in [0.29, 0.717) is 18.8 Å². The summed E-state index contributed by atoms with van der Waals surface area (Å²) in [6, 6.07) is 15.4. The van der Waals surface area contributed by atoms with Gasteiger partial charge in [0.1, 0.15) is 5.82 Å². The van der Waals surface area contributed by atoms with Crippen LogP contribution < -0.4 is 0 Å². The van der Waals surface area contributed by atoms with Crippen molar-refractivity contribution in [1.29, 1.82) is 0 Å². The number of hydrogen-bond donors (Lipinski definition) is 0.